The second kappa shape index (κ2) is 12.2. The smallest absolute Gasteiger partial charge is 0.282 e. The highest BCUT2D eigenvalue weighted by molar-refractivity contribution is 7.17. The number of aromatic nitrogens is 2. The number of nitriles is 1. The van der Waals surface area contributed by atoms with Crippen LogP contribution >= 0.6 is 11.3 Å². The molecule has 0 radical (unpaired) electrons. The van der Waals surface area contributed by atoms with Crippen LogP contribution in [0.2, 0.25) is 0 Å². The number of benzene rings is 1. The number of halogens is 2. The van der Waals surface area contributed by atoms with Gasteiger partial charge in [0.25, 0.3) is 5.91 Å². The first kappa shape index (κ1) is 29.4. The van der Waals surface area contributed by atoms with Crippen LogP contribution in [0.15, 0.2) is 48.2 Å². The lowest BCUT2D eigenvalue weighted by molar-refractivity contribution is -0.131. The minimum absolute atomic E-state index is 0.00313. The van der Waals surface area contributed by atoms with Gasteiger partial charge in [0, 0.05) is 52.9 Å². The van der Waals surface area contributed by atoms with Gasteiger partial charge in [0.15, 0.2) is 11.6 Å². The predicted octanol–water partition coefficient (Wildman–Crippen LogP) is 5.41. The van der Waals surface area contributed by atoms with E-state index in [9.17, 15) is 14.4 Å². The number of thiophene rings is 1. The molecule has 2 atom stereocenters. The molecule has 224 valence electrons. The van der Waals surface area contributed by atoms with Crippen LogP contribution in [0.4, 0.5) is 14.5 Å². The minimum Gasteiger partial charge on any atom is -0.475 e. The zero-order valence-electron chi connectivity index (χ0n) is 24.1. The van der Waals surface area contributed by atoms with Crippen molar-refractivity contribution in [2.24, 2.45) is 0 Å². The number of carbonyl (C=O) groups is 1. The number of amides is 1. The number of nitrogens with zero attached hydrogens (tertiary/aromatic N) is 7. The Morgan fingerprint density at radius 3 is 2.84 bits per heavy atom. The van der Waals surface area contributed by atoms with E-state index in [1.54, 1.807) is 11.3 Å². The van der Waals surface area contributed by atoms with Crippen molar-refractivity contribution in [3.05, 3.63) is 71.0 Å². The van der Waals surface area contributed by atoms with Crippen molar-refractivity contribution in [1.29, 1.82) is 5.26 Å². The topological polar surface area (TPSA) is 90.0 Å². The van der Waals surface area contributed by atoms with Gasteiger partial charge in [0.1, 0.15) is 35.5 Å². The maximum Gasteiger partial charge on any atom is 0.282 e. The average molecular weight is 614 g/mol. The molecule has 0 saturated carbocycles. The summed E-state index contributed by atoms with van der Waals surface area (Å²) in [6, 6.07) is 9.23. The Balaban J connectivity index is 1.50. The summed E-state index contributed by atoms with van der Waals surface area (Å²) in [6.07, 6.45) is 3.47. The third kappa shape index (κ3) is 5.21. The summed E-state index contributed by atoms with van der Waals surface area (Å²) in [5.74, 6) is -2.61. The Kier molecular flexibility index (Phi) is 8.13. The molecule has 0 spiro atoms. The number of piperazine rings is 1. The molecule has 2 aliphatic rings. The van der Waals surface area contributed by atoms with E-state index in [2.05, 4.69) is 32.4 Å². The summed E-state index contributed by atoms with van der Waals surface area (Å²) < 4.78 is 37.6. The first-order valence-corrected chi connectivity index (χ1v) is 15.2. The third-order valence-electron chi connectivity index (χ3n) is 8.45. The molecule has 6 rings (SSSR count). The predicted molar refractivity (Wildman–Crippen MR) is 166 cm³/mol. The number of likely N-dealkylation sites (N-methyl/N-ethyl adjacent to an activating group) is 1. The number of rotatable bonds is 7. The molecule has 12 heteroatoms. The number of anilines is 1. The first-order valence-electron chi connectivity index (χ1n) is 14.3. The van der Waals surface area contributed by atoms with E-state index in [1.165, 1.54) is 11.1 Å². The molecule has 1 amide bonds. The highest BCUT2D eigenvalue weighted by atomic mass is 32.1. The number of pyridine rings is 2. The SMILES string of the molecule is [C-]#[N+]C[C@H]1CN(c2c(C#N)c(OC[C@@H]3CCCN3C)nc3c(F)c(-c4cccc5sccc45)ncc23)CCN1C(=O)C(=C)F. The largest absolute Gasteiger partial charge is 0.475 e. The quantitative estimate of drug-likeness (QED) is 0.203. The van der Waals surface area contributed by atoms with Crippen molar-refractivity contribution in [1.82, 2.24) is 19.8 Å². The van der Waals surface area contributed by atoms with Crippen LogP contribution in [-0.2, 0) is 4.79 Å². The molecule has 3 aromatic heterocycles. The zero-order chi connectivity index (χ0) is 31.0. The van der Waals surface area contributed by atoms with Crippen LogP contribution in [0.25, 0.3) is 37.1 Å². The van der Waals surface area contributed by atoms with Crippen molar-refractivity contribution in [2.75, 3.05) is 51.3 Å². The third-order valence-corrected chi connectivity index (χ3v) is 9.34. The normalized spacial score (nSPS) is 18.8. The van der Waals surface area contributed by atoms with Gasteiger partial charge in [-0.25, -0.2) is 20.3 Å². The van der Waals surface area contributed by atoms with Crippen LogP contribution in [0, 0.1) is 23.7 Å². The molecule has 5 heterocycles. The highest BCUT2D eigenvalue weighted by Gasteiger charge is 2.36. The van der Waals surface area contributed by atoms with Gasteiger partial charge in [0.05, 0.1) is 5.69 Å². The van der Waals surface area contributed by atoms with E-state index < -0.39 is 23.6 Å². The molecule has 2 aliphatic heterocycles. The molecule has 2 fully saturated rings. The fourth-order valence-electron chi connectivity index (χ4n) is 6.18. The van der Waals surface area contributed by atoms with Gasteiger partial charge in [0.2, 0.25) is 12.4 Å². The fourth-order valence-corrected chi connectivity index (χ4v) is 7.00. The second-order valence-corrected chi connectivity index (χ2v) is 12.0. The first-order chi connectivity index (χ1) is 21.3. The van der Waals surface area contributed by atoms with Crippen LogP contribution in [0.5, 0.6) is 5.88 Å². The molecule has 4 aromatic rings. The van der Waals surface area contributed by atoms with Gasteiger partial charge in [-0.2, -0.15) is 5.26 Å². The Morgan fingerprint density at radius 1 is 1.27 bits per heavy atom. The van der Waals surface area contributed by atoms with Gasteiger partial charge >= 0.3 is 0 Å². The fraction of sp³-hybridized carbons (Fsp3) is 0.344. The van der Waals surface area contributed by atoms with Crippen molar-refractivity contribution in [3.8, 4) is 23.2 Å². The van der Waals surface area contributed by atoms with Gasteiger partial charge < -0.3 is 24.3 Å². The maximum absolute atomic E-state index is 16.6. The number of ether oxygens (including phenoxy) is 1. The Labute approximate surface area is 257 Å². The van der Waals surface area contributed by atoms with Crippen LogP contribution < -0.4 is 9.64 Å². The molecular weight excluding hydrogens is 584 g/mol. The van der Waals surface area contributed by atoms with Crippen LogP contribution in [-0.4, -0.2) is 84.1 Å². The molecule has 44 heavy (non-hydrogen) atoms. The Bertz CT molecular complexity index is 1860. The summed E-state index contributed by atoms with van der Waals surface area (Å²) >= 11 is 1.55. The standard InChI is InChI=1S/C32H29F2N7O2S/c1-19(33)32(42)41-12-11-40(17-21(41)15-36-2)30-24(14-35)31(43-18-20-6-5-10-39(20)3)38-29-25(30)16-37-28(27(29)34)23-7-4-8-26-22(23)9-13-44-26/h4,7-9,13,16,20-21H,1,5-6,10-12,15,17-18H2,3H3/t20-,21-/m0/s1. The summed E-state index contributed by atoms with van der Waals surface area (Å²) in [5.41, 5.74) is 1.24. The molecular formula is C32H29F2N7O2S. The lowest BCUT2D eigenvalue weighted by Gasteiger charge is -2.40. The van der Waals surface area contributed by atoms with E-state index in [4.69, 9.17) is 11.3 Å². The van der Waals surface area contributed by atoms with E-state index in [1.807, 2.05) is 41.6 Å². The Morgan fingerprint density at radius 2 is 2.11 bits per heavy atom. The molecule has 0 bridgehead atoms. The number of fused-ring (bicyclic) bond motifs is 2. The summed E-state index contributed by atoms with van der Waals surface area (Å²) in [5, 5.41) is 13.5. The number of hydrogen-bond donors (Lipinski definition) is 0. The molecule has 9 nitrogen and oxygen atoms in total. The number of hydrogen-bond acceptors (Lipinski definition) is 8. The van der Waals surface area contributed by atoms with Gasteiger partial charge in [-0.1, -0.05) is 18.7 Å². The maximum atomic E-state index is 16.6. The average Bonchev–Trinajstić information content (AvgIpc) is 3.68. The zero-order valence-corrected chi connectivity index (χ0v) is 24.9. The van der Waals surface area contributed by atoms with Crippen LogP contribution in [0.3, 0.4) is 0 Å². The van der Waals surface area contributed by atoms with Gasteiger partial charge in [-0.15, -0.1) is 11.3 Å². The number of carbonyl (C=O) groups excluding carboxylic acids is 1. The second-order valence-electron chi connectivity index (χ2n) is 11.0. The van der Waals surface area contributed by atoms with Gasteiger partial charge in [-0.3, -0.25) is 9.78 Å². The van der Waals surface area contributed by atoms with E-state index in [0.29, 0.717) is 16.6 Å². The van der Waals surface area contributed by atoms with Crippen molar-refractivity contribution in [3.63, 3.8) is 0 Å². The van der Waals surface area contributed by atoms with E-state index >= 15 is 4.39 Å². The van der Waals surface area contributed by atoms with Crippen molar-refractivity contribution in [2.45, 2.75) is 24.9 Å². The lowest BCUT2D eigenvalue weighted by Crippen LogP contribution is -2.56. The highest BCUT2D eigenvalue weighted by Crippen LogP contribution is 2.40. The number of likely N-dealkylation sites (tertiary alicyclic amines) is 1. The van der Waals surface area contributed by atoms with Crippen molar-refractivity contribution < 1.29 is 18.3 Å². The summed E-state index contributed by atoms with van der Waals surface area (Å²) in [6.45, 7) is 12.1. The Hall–Kier alpha value is -4.65. The summed E-state index contributed by atoms with van der Waals surface area (Å²) in [4.78, 5) is 30.4. The molecule has 2 saturated heterocycles. The van der Waals surface area contributed by atoms with Crippen molar-refractivity contribution >= 4 is 43.9 Å². The monoisotopic (exact) mass is 613 g/mol. The van der Waals surface area contributed by atoms with E-state index in [-0.39, 0.29) is 61.5 Å². The minimum atomic E-state index is -1.10. The molecule has 0 aliphatic carbocycles. The summed E-state index contributed by atoms with van der Waals surface area (Å²) in [7, 11) is 2.01. The van der Waals surface area contributed by atoms with Gasteiger partial charge in [-0.05, 0) is 43.9 Å². The van der Waals surface area contributed by atoms with E-state index in [0.717, 1.165) is 29.5 Å². The molecule has 1 aromatic carbocycles. The van der Waals surface area contributed by atoms with Crippen LogP contribution in [0.1, 0.15) is 18.4 Å². The lowest BCUT2D eigenvalue weighted by atomic mass is 10.0. The molecule has 0 N–H and O–H groups in total. The molecule has 0 unspecified atom stereocenters.